The van der Waals surface area contributed by atoms with Gasteiger partial charge in [0.15, 0.2) is 0 Å². The second kappa shape index (κ2) is 10.1. The quantitative estimate of drug-likeness (QED) is 0.455. The predicted octanol–water partition coefficient (Wildman–Crippen LogP) is 5.71. The number of nitrogens with zero attached hydrogens (tertiary/aromatic N) is 2. The lowest BCUT2D eigenvalue weighted by Crippen LogP contribution is -2.40. The standard InChI is InChI=1S/C29H35N3/c1-5-7-8-10-22-17-23(14-13-21(22)3)26-11-9-12-28-27(26)18-24(19-31-28)25(6-2)29-20-32(4)16-15-30-29/h5-6,11,13-14,17-19,30H,1-2,7-10,12,15-16,20H2,3-4H3/b29-25+. The summed E-state index contributed by atoms with van der Waals surface area (Å²) in [5.41, 5.74) is 11.4. The van der Waals surface area contributed by atoms with Crippen LogP contribution in [0.4, 0.5) is 0 Å². The zero-order valence-corrected chi connectivity index (χ0v) is 19.6. The number of benzene rings is 1. The monoisotopic (exact) mass is 425 g/mol. The van der Waals surface area contributed by atoms with Crippen LogP contribution >= 0.6 is 0 Å². The number of nitrogens with one attached hydrogen (secondary N) is 1. The molecule has 0 unspecified atom stereocenters. The first-order valence-electron chi connectivity index (χ1n) is 11.8. The molecule has 0 radical (unpaired) electrons. The number of likely N-dealkylation sites (N-methyl/N-ethyl adjacent to an activating group) is 1. The van der Waals surface area contributed by atoms with E-state index in [1.165, 1.54) is 39.2 Å². The summed E-state index contributed by atoms with van der Waals surface area (Å²) in [5.74, 6) is 0. The molecule has 1 saturated heterocycles. The van der Waals surface area contributed by atoms with Gasteiger partial charge in [0.25, 0.3) is 0 Å². The fraction of sp³-hybridized carbons (Fsp3) is 0.345. The number of unbranched alkanes of at least 4 members (excludes halogenated alkanes) is 1. The highest BCUT2D eigenvalue weighted by atomic mass is 15.2. The third kappa shape index (κ3) is 4.78. The minimum atomic E-state index is 0.910. The molecule has 2 aliphatic rings. The van der Waals surface area contributed by atoms with Crippen LogP contribution in [0.5, 0.6) is 0 Å². The summed E-state index contributed by atoms with van der Waals surface area (Å²) in [7, 11) is 2.16. The molecule has 1 aliphatic carbocycles. The molecule has 4 rings (SSSR count). The molecule has 3 nitrogen and oxygen atoms in total. The van der Waals surface area contributed by atoms with Crippen molar-refractivity contribution in [1.82, 2.24) is 15.2 Å². The Morgan fingerprint density at radius 2 is 2.12 bits per heavy atom. The SMILES string of the molecule is C=CCCCc1cc(C2=CCCc3ncc(/C(C=C)=C4\CN(C)CCN4)cc32)ccc1C. The van der Waals surface area contributed by atoms with Gasteiger partial charge in [-0.3, -0.25) is 9.88 Å². The second-order valence-electron chi connectivity index (χ2n) is 8.96. The molecule has 1 fully saturated rings. The zero-order valence-electron chi connectivity index (χ0n) is 19.6. The van der Waals surface area contributed by atoms with E-state index in [-0.39, 0.29) is 0 Å². The van der Waals surface area contributed by atoms with Gasteiger partial charge in [0.05, 0.1) is 0 Å². The largest absolute Gasteiger partial charge is 0.386 e. The van der Waals surface area contributed by atoms with Crippen LogP contribution in [0.25, 0.3) is 11.1 Å². The van der Waals surface area contributed by atoms with Gasteiger partial charge in [-0.2, -0.15) is 0 Å². The lowest BCUT2D eigenvalue weighted by molar-refractivity contribution is 0.324. The average molecular weight is 426 g/mol. The van der Waals surface area contributed by atoms with Crippen LogP contribution in [-0.4, -0.2) is 36.6 Å². The van der Waals surface area contributed by atoms with Crippen molar-refractivity contribution in [2.24, 2.45) is 0 Å². The smallest absolute Gasteiger partial charge is 0.0485 e. The van der Waals surface area contributed by atoms with E-state index in [4.69, 9.17) is 4.98 Å². The lowest BCUT2D eigenvalue weighted by Gasteiger charge is -2.28. The fourth-order valence-corrected chi connectivity index (χ4v) is 4.75. The normalized spacial score (nSPS) is 17.8. The molecule has 0 saturated carbocycles. The molecule has 0 amide bonds. The molecule has 3 heteroatoms. The number of aromatic nitrogens is 1. The molecular weight excluding hydrogens is 390 g/mol. The summed E-state index contributed by atoms with van der Waals surface area (Å²) < 4.78 is 0. The van der Waals surface area contributed by atoms with Crippen LogP contribution < -0.4 is 5.32 Å². The van der Waals surface area contributed by atoms with Crippen molar-refractivity contribution in [3.05, 3.63) is 101 Å². The Balaban J connectivity index is 1.71. The van der Waals surface area contributed by atoms with Crippen LogP contribution in [0.1, 0.15) is 52.8 Å². The van der Waals surface area contributed by atoms with Gasteiger partial charge >= 0.3 is 0 Å². The van der Waals surface area contributed by atoms with Gasteiger partial charge < -0.3 is 5.32 Å². The minimum Gasteiger partial charge on any atom is -0.386 e. The number of rotatable bonds is 7. The number of hydrogen-bond acceptors (Lipinski definition) is 3. The Morgan fingerprint density at radius 3 is 2.91 bits per heavy atom. The number of pyridine rings is 1. The maximum atomic E-state index is 4.90. The average Bonchev–Trinajstić information content (AvgIpc) is 2.81. The van der Waals surface area contributed by atoms with E-state index in [1.807, 2.05) is 18.3 Å². The van der Waals surface area contributed by atoms with Gasteiger partial charge in [0.1, 0.15) is 0 Å². The molecule has 1 N–H and O–H groups in total. The maximum Gasteiger partial charge on any atom is 0.0485 e. The molecule has 0 atom stereocenters. The van der Waals surface area contributed by atoms with Crippen molar-refractivity contribution in [2.45, 2.75) is 39.0 Å². The molecule has 1 aromatic carbocycles. The van der Waals surface area contributed by atoms with E-state index >= 15 is 0 Å². The van der Waals surface area contributed by atoms with Gasteiger partial charge in [-0.15, -0.1) is 6.58 Å². The van der Waals surface area contributed by atoms with Crippen molar-refractivity contribution in [1.29, 1.82) is 0 Å². The van der Waals surface area contributed by atoms with E-state index in [2.05, 4.69) is 67.7 Å². The van der Waals surface area contributed by atoms with Crippen LogP contribution in [0.2, 0.25) is 0 Å². The third-order valence-electron chi connectivity index (χ3n) is 6.60. The summed E-state index contributed by atoms with van der Waals surface area (Å²) >= 11 is 0. The summed E-state index contributed by atoms with van der Waals surface area (Å²) in [6.07, 6.45) is 13.7. The molecule has 2 heterocycles. The summed E-state index contributed by atoms with van der Waals surface area (Å²) in [4.78, 5) is 7.24. The number of hydrogen-bond donors (Lipinski definition) is 1. The number of piperazine rings is 1. The van der Waals surface area contributed by atoms with Gasteiger partial charge in [-0.05, 0) is 74.4 Å². The van der Waals surface area contributed by atoms with Gasteiger partial charge in [-0.1, -0.05) is 43.0 Å². The highest BCUT2D eigenvalue weighted by Crippen LogP contribution is 2.34. The predicted molar refractivity (Wildman–Crippen MR) is 137 cm³/mol. The molecule has 1 aromatic heterocycles. The highest BCUT2D eigenvalue weighted by Gasteiger charge is 2.19. The third-order valence-corrected chi connectivity index (χ3v) is 6.60. The van der Waals surface area contributed by atoms with Crippen molar-refractivity contribution in [3.8, 4) is 0 Å². The first-order valence-corrected chi connectivity index (χ1v) is 11.8. The number of allylic oxidation sites excluding steroid dienone is 4. The van der Waals surface area contributed by atoms with Gasteiger partial charge in [0, 0.05) is 53.9 Å². The molecule has 0 bridgehead atoms. The summed E-state index contributed by atoms with van der Waals surface area (Å²) in [5, 5.41) is 3.58. The maximum absolute atomic E-state index is 4.90. The first-order chi connectivity index (χ1) is 15.6. The van der Waals surface area contributed by atoms with Gasteiger partial charge in [-0.25, -0.2) is 0 Å². The molecule has 1 aliphatic heterocycles. The van der Waals surface area contributed by atoms with Crippen LogP contribution in [0.3, 0.4) is 0 Å². The lowest BCUT2D eigenvalue weighted by atomic mass is 9.86. The number of fused-ring (bicyclic) bond motifs is 1. The van der Waals surface area contributed by atoms with E-state index < -0.39 is 0 Å². The fourth-order valence-electron chi connectivity index (χ4n) is 4.75. The topological polar surface area (TPSA) is 28.2 Å². The summed E-state index contributed by atoms with van der Waals surface area (Å²) in [6.45, 7) is 13.1. The Labute approximate surface area is 193 Å². The molecule has 0 spiro atoms. The van der Waals surface area contributed by atoms with Crippen LogP contribution in [0, 0.1) is 6.92 Å². The Bertz CT molecular complexity index is 1070. The minimum absolute atomic E-state index is 0.910. The van der Waals surface area contributed by atoms with Crippen LogP contribution in [0.15, 0.2) is 67.5 Å². The molecular formula is C29H35N3. The summed E-state index contributed by atoms with van der Waals surface area (Å²) in [6, 6.07) is 9.25. The number of aryl methyl sites for hydroxylation is 3. The van der Waals surface area contributed by atoms with Crippen LogP contribution in [-0.2, 0) is 12.8 Å². The van der Waals surface area contributed by atoms with E-state index in [0.29, 0.717) is 0 Å². The molecule has 166 valence electrons. The van der Waals surface area contributed by atoms with Gasteiger partial charge in [0.2, 0.25) is 0 Å². The Hall–Kier alpha value is -2.91. The van der Waals surface area contributed by atoms with Crippen molar-refractivity contribution >= 4 is 11.1 Å². The van der Waals surface area contributed by atoms with Crippen molar-refractivity contribution < 1.29 is 0 Å². The molecule has 32 heavy (non-hydrogen) atoms. The first kappa shape index (κ1) is 22.3. The second-order valence-corrected chi connectivity index (χ2v) is 8.96. The van der Waals surface area contributed by atoms with E-state index in [9.17, 15) is 0 Å². The zero-order chi connectivity index (χ0) is 22.5. The Morgan fingerprint density at radius 1 is 1.25 bits per heavy atom. The van der Waals surface area contributed by atoms with Crippen molar-refractivity contribution in [3.63, 3.8) is 0 Å². The Kier molecular flexibility index (Phi) is 7.06. The van der Waals surface area contributed by atoms with E-state index in [0.717, 1.165) is 62.9 Å². The molecule has 2 aromatic rings. The highest BCUT2D eigenvalue weighted by molar-refractivity contribution is 5.85. The van der Waals surface area contributed by atoms with Crippen molar-refractivity contribution in [2.75, 3.05) is 26.7 Å². The van der Waals surface area contributed by atoms with E-state index in [1.54, 1.807) is 0 Å².